The summed E-state index contributed by atoms with van der Waals surface area (Å²) in [6.45, 7) is 1.59. The van der Waals surface area contributed by atoms with Crippen LogP contribution in [0.2, 0.25) is 0 Å². The summed E-state index contributed by atoms with van der Waals surface area (Å²) >= 11 is 1.36. The predicted octanol–water partition coefficient (Wildman–Crippen LogP) is 3.21. The van der Waals surface area contributed by atoms with E-state index >= 15 is 0 Å². The Morgan fingerprint density at radius 3 is 2.83 bits per heavy atom. The van der Waals surface area contributed by atoms with Gasteiger partial charge in [0.25, 0.3) is 11.5 Å². The van der Waals surface area contributed by atoms with Crippen molar-refractivity contribution >= 4 is 28.1 Å². The summed E-state index contributed by atoms with van der Waals surface area (Å²) in [6.07, 6.45) is 3.71. The van der Waals surface area contributed by atoms with Gasteiger partial charge in [-0.15, -0.1) is 16.4 Å². The highest BCUT2D eigenvalue weighted by Gasteiger charge is 2.21. The topological polar surface area (TPSA) is 83.9 Å². The lowest BCUT2D eigenvalue weighted by atomic mass is 10.1. The molecule has 0 spiro atoms. The standard InChI is InChI=1S/C20H16FN5O2S/c21-13-3-4-16-12(7-13)8-15(19(27)22-16)17-10-26(24-23-17)14-9-18(29-11-14)20(28)25-5-1-2-6-25/h3-4,7-11H,1-2,5-6H2,(H,22,27). The average molecular weight is 409 g/mol. The summed E-state index contributed by atoms with van der Waals surface area (Å²) in [5, 5.41) is 10.6. The van der Waals surface area contributed by atoms with Crippen molar-refractivity contribution in [2.24, 2.45) is 0 Å². The van der Waals surface area contributed by atoms with E-state index < -0.39 is 0 Å². The normalized spacial score (nSPS) is 14.0. The van der Waals surface area contributed by atoms with Crippen LogP contribution in [-0.4, -0.2) is 43.9 Å². The van der Waals surface area contributed by atoms with Crippen LogP contribution in [0.5, 0.6) is 0 Å². The third kappa shape index (κ3) is 3.23. The molecule has 5 rings (SSSR count). The molecule has 0 saturated carbocycles. The number of nitrogens with one attached hydrogen (secondary N) is 1. The Morgan fingerprint density at radius 2 is 2.00 bits per heavy atom. The number of rotatable bonds is 3. The van der Waals surface area contributed by atoms with Crippen LogP contribution in [0, 0.1) is 5.82 Å². The molecule has 1 aliphatic rings. The minimum atomic E-state index is -0.382. The monoisotopic (exact) mass is 409 g/mol. The number of benzene rings is 1. The van der Waals surface area contributed by atoms with Crippen LogP contribution in [0.3, 0.4) is 0 Å². The number of nitrogens with zero attached hydrogens (tertiary/aromatic N) is 4. The van der Waals surface area contributed by atoms with Crippen molar-refractivity contribution in [2.75, 3.05) is 13.1 Å². The molecule has 146 valence electrons. The third-order valence-corrected chi connectivity index (χ3v) is 5.94. The van der Waals surface area contributed by atoms with Crippen LogP contribution in [0.15, 0.2) is 46.7 Å². The van der Waals surface area contributed by atoms with Gasteiger partial charge < -0.3 is 9.88 Å². The van der Waals surface area contributed by atoms with Crippen LogP contribution in [-0.2, 0) is 0 Å². The van der Waals surface area contributed by atoms with Gasteiger partial charge in [0.05, 0.1) is 22.3 Å². The summed E-state index contributed by atoms with van der Waals surface area (Å²) < 4.78 is 15.1. The second kappa shape index (κ2) is 6.93. The highest BCUT2D eigenvalue weighted by atomic mass is 32.1. The van der Waals surface area contributed by atoms with E-state index in [1.807, 2.05) is 10.3 Å². The highest BCUT2D eigenvalue weighted by Crippen LogP contribution is 2.24. The molecule has 1 saturated heterocycles. The zero-order chi connectivity index (χ0) is 20.0. The predicted molar refractivity (Wildman–Crippen MR) is 108 cm³/mol. The first kappa shape index (κ1) is 17.7. The molecular weight excluding hydrogens is 393 g/mol. The molecule has 0 bridgehead atoms. The number of carbonyl (C=O) groups excluding carboxylic acids is 1. The molecule has 1 aromatic carbocycles. The van der Waals surface area contributed by atoms with E-state index in [1.165, 1.54) is 34.2 Å². The summed E-state index contributed by atoms with van der Waals surface area (Å²) in [5.41, 5.74) is 1.61. The molecule has 7 nitrogen and oxygen atoms in total. The van der Waals surface area contributed by atoms with E-state index in [4.69, 9.17) is 0 Å². The fourth-order valence-corrected chi connectivity index (χ4v) is 4.36. The van der Waals surface area contributed by atoms with E-state index in [2.05, 4.69) is 15.3 Å². The Bertz CT molecular complexity index is 1290. The van der Waals surface area contributed by atoms with Crippen LogP contribution in [0.4, 0.5) is 4.39 Å². The molecule has 29 heavy (non-hydrogen) atoms. The van der Waals surface area contributed by atoms with Crippen molar-refractivity contribution in [2.45, 2.75) is 12.8 Å². The smallest absolute Gasteiger partial charge is 0.263 e. The Morgan fingerprint density at radius 1 is 1.17 bits per heavy atom. The van der Waals surface area contributed by atoms with Crippen LogP contribution in [0.25, 0.3) is 27.8 Å². The number of aromatic nitrogens is 4. The lowest BCUT2D eigenvalue weighted by Crippen LogP contribution is -2.26. The van der Waals surface area contributed by atoms with E-state index in [9.17, 15) is 14.0 Å². The van der Waals surface area contributed by atoms with Crippen LogP contribution in [0.1, 0.15) is 22.5 Å². The molecule has 1 aliphatic heterocycles. The lowest BCUT2D eigenvalue weighted by molar-refractivity contribution is 0.0797. The van der Waals surface area contributed by atoms with Gasteiger partial charge in [0.2, 0.25) is 0 Å². The molecule has 4 heterocycles. The van der Waals surface area contributed by atoms with Gasteiger partial charge in [0.1, 0.15) is 11.5 Å². The number of hydrogen-bond acceptors (Lipinski definition) is 5. The van der Waals surface area contributed by atoms with Gasteiger partial charge in [-0.1, -0.05) is 5.21 Å². The van der Waals surface area contributed by atoms with Crippen LogP contribution < -0.4 is 5.56 Å². The maximum absolute atomic E-state index is 13.5. The fraction of sp³-hybridized carbons (Fsp3) is 0.200. The molecule has 1 N–H and O–H groups in total. The number of amides is 1. The summed E-state index contributed by atoms with van der Waals surface area (Å²) in [7, 11) is 0. The average Bonchev–Trinajstić information content (AvgIpc) is 3.48. The molecule has 0 radical (unpaired) electrons. The Balaban J connectivity index is 1.47. The molecular formula is C20H16FN5O2S. The van der Waals surface area contributed by atoms with Crippen molar-refractivity contribution in [3.05, 3.63) is 63.0 Å². The molecule has 1 fully saturated rings. The van der Waals surface area contributed by atoms with E-state index in [0.29, 0.717) is 32.7 Å². The van der Waals surface area contributed by atoms with Crippen molar-refractivity contribution in [1.29, 1.82) is 0 Å². The first-order valence-electron chi connectivity index (χ1n) is 9.22. The van der Waals surface area contributed by atoms with E-state index in [-0.39, 0.29) is 17.3 Å². The van der Waals surface area contributed by atoms with E-state index in [0.717, 1.165) is 25.9 Å². The number of likely N-dealkylation sites (tertiary alicyclic amines) is 1. The Hall–Kier alpha value is -3.33. The van der Waals surface area contributed by atoms with Crippen molar-refractivity contribution in [3.8, 4) is 16.9 Å². The van der Waals surface area contributed by atoms with Gasteiger partial charge in [-0.05, 0) is 43.2 Å². The maximum Gasteiger partial charge on any atom is 0.263 e. The van der Waals surface area contributed by atoms with E-state index in [1.54, 1.807) is 18.3 Å². The third-order valence-electron chi connectivity index (χ3n) is 5.03. The molecule has 0 atom stereocenters. The molecule has 1 amide bonds. The van der Waals surface area contributed by atoms with Gasteiger partial charge in [0.15, 0.2) is 0 Å². The summed E-state index contributed by atoms with van der Waals surface area (Å²) in [5.74, 6) is -0.347. The number of halogens is 1. The zero-order valence-corrected chi connectivity index (χ0v) is 16.1. The Kier molecular flexibility index (Phi) is 4.24. The largest absolute Gasteiger partial charge is 0.338 e. The number of aromatic amines is 1. The molecule has 3 aromatic heterocycles. The van der Waals surface area contributed by atoms with Crippen molar-refractivity contribution in [3.63, 3.8) is 0 Å². The molecule has 0 unspecified atom stereocenters. The van der Waals surface area contributed by atoms with Crippen LogP contribution >= 0.6 is 11.3 Å². The Labute approximate surface area is 168 Å². The maximum atomic E-state index is 13.5. The molecule has 4 aromatic rings. The van der Waals surface area contributed by atoms with Crippen molar-refractivity contribution in [1.82, 2.24) is 24.9 Å². The number of hydrogen-bond donors (Lipinski definition) is 1. The van der Waals surface area contributed by atoms with Gasteiger partial charge in [0, 0.05) is 29.4 Å². The number of fused-ring (bicyclic) bond motifs is 1. The second-order valence-corrected chi connectivity index (χ2v) is 7.87. The zero-order valence-electron chi connectivity index (χ0n) is 15.3. The quantitative estimate of drug-likeness (QED) is 0.563. The second-order valence-electron chi connectivity index (χ2n) is 6.96. The van der Waals surface area contributed by atoms with Crippen molar-refractivity contribution < 1.29 is 9.18 Å². The number of carbonyl (C=O) groups is 1. The van der Waals surface area contributed by atoms with Gasteiger partial charge in [-0.2, -0.15) is 0 Å². The number of thiophene rings is 1. The SMILES string of the molecule is O=C(c1cc(-n2cc(-c3cc4cc(F)ccc4[nH]c3=O)nn2)cs1)N1CCCC1. The summed E-state index contributed by atoms with van der Waals surface area (Å²) in [4.78, 5) is 30.2. The molecule has 9 heteroatoms. The first-order valence-corrected chi connectivity index (χ1v) is 10.1. The minimum absolute atomic E-state index is 0.0343. The number of H-pyrrole nitrogens is 1. The minimum Gasteiger partial charge on any atom is -0.338 e. The summed E-state index contributed by atoms with van der Waals surface area (Å²) in [6, 6.07) is 7.56. The van der Waals surface area contributed by atoms with Gasteiger partial charge in [-0.3, -0.25) is 9.59 Å². The molecule has 0 aliphatic carbocycles. The fourth-order valence-electron chi connectivity index (χ4n) is 3.52. The van der Waals surface area contributed by atoms with Gasteiger partial charge in [-0.25, -0.2) is 9.07 Å². The highest BCUT2D eigenvalue weighted by molar-refractivity contribution is 7.12. The lowest BCUT2D eigenvalue weighted by Gasteiger charge is -2.13. The first-order chi connectivity index (χ1) is 14.1. The number of pyridine rings is 1. The van der Waals surface area contributed by atoms with Gasteiger partial charge >= 0.3 is 0 Å².